The van der Waals surface area contributed by atoms with Crippen molar-refractivity contribution in [2.45, 2.75) is 57.2 Å². The van der Waals surface area contributed by atoms with Gasteiger partial charge in [-0.25, -0.2) is 4.39 Å². The molecular weight excluding hydrogens is 257 g/mol. The minimum atomic E-state index is -0.332. The minimum absolute atomic E-state index is 0.0500. The van der Waals surface area contributed by atoms with Crippen LogP contribution >= 0.6 is 0 Å². The zero-order valence-electron chi connectivity index (χ0n) is 12.2. The highest BCUT2D eigenvalue weighted by molar-refractivity contribution is 5.30. The van der Waals surface area contributed by atoms with Crippen molar-refractivity contribution in [3.05, 3.63) is 29.6 Å². The predicted octanol–water partition coefficient (Wildman–Crippen LogP) is 3.18. The summed E-state index contributed by atoms with van der Waals surface area (Å²) in [5, 5.41) is 13.5. The Kier molecular flexibility index (Phi) is 5.38. The van der Waals surface area contributed by atoms with E-state index < -0.39 is 0 Å². The van der Waals surface area contributed by atoms with Crippen LogP contribution in [0.5, 0.6) is 5.75 Å². The molecule has 1 aromatic carbocycles. The van der Waals surface area contributed by atoms with Crippen molar-refractivity contribution in [2.75, 3.05) is 7.11 Å². The van der Waals surface area contributed by atoms with Crippen molar-refractivity contribution in [3.8, 4) is 5.75 Å². The first-order valence-electron chi connectivity index (χ1n) is 7.39. The van der Waals surface area contributed by atoms with Crippen molar-refractivity contribution in [2.24, 2.45) is 0 Å². The van der Waals surface area contributed by atoms with E-state index >= 15 is 0 Å². The molecule has 3 unspecified atom stereocenters. The van der Waals surface area contributed by atoms with Crippen LogP contribution in [0.4, 0.5) is 4.39 Å². The Hall–Kier alpha value is -1.13. The van der Waals surface area contributed by atoms with Crippen LogP contribution in [0.25, 0.3) is 0 Å². The highest BCUT2D eigenvalue weighted by Crippen LogP contribution is 2.25. The van der Waals surface area contributed by atoms with Gasteiger partial charge in [-0.1, -0.05) is 25.3 Å². The number of hydrogen-bond donors (Lipinski definition) is 2. The molecular formula is C16H24FNO2. The monoisotopic (exact) mass is 281 g/mol. The summed E-state index contributed by atoms with van der Waals surface area (Å²) in [7, 11) is 1.53. The van der Waals surface area contributed by atoms with E-state index in [1.165, 1.54) is 19.6 Å². The highest BCUT2D eigenvalue weighted by Gasteiger charge is 2.24. The lowest BCUT2D eigenvalue weighted by atomic mass is 10.0. The molecule has 0 heterocycles. The Balaban J connectivity index is 2.05. The maximum absolute atomic E-state index is 14.0. The summed E-state index contributed by atoms with van der Waals surface area (Å²) in [5.74, 6) is 0.250. The third-order valence-corrected chi connectivity index (χ3v) is 4.12. The van der Waals surface area contributed by atoms with Crippen molar-refractivity contribution in [3.63, 3.8) is 0 Å². The summed E-state index contributed by atoms with van der Waals surface area (Å²) >= 11 is 0. The maximum atomic E-state index is 14.0. The van der Waals surface area contributed by atoms with Crippen LogP contribution in [0, 0.1) is 5.82 Å². The molecule has 0 amide bonds. The first-order valence-corrected chi connectivity index (χ1v) is 7.39. The summed E-state index contributed by atoms with van der Waals surface area (Å²) in [4.78, 5) is 0. The molecule has 0 spiro atoms. The van der Waals surface area contributed by atoms with Gasteiger partial charge in [-0.15, -0.1) is 0 Å². The molecule has 1 aliphatic carbocycles. The van der Waals surface area contributed by atoms with Crippen LogP contribution in [-0.4, -0.2) is 24.4 Å². The Morgan fingerprint density at radius 3 is 2.75 bits per heavy atom. The fourth-order valence-electron chi connectivity index (χ4n) is 2.88. The highest BCUT2D eigenvalue weighted by atomic mass is 19.1. The lowest BCUT2D eigenvalue weighted by Crippen LogP contribution is -2.40. The van der Waals surface area contributed by atoms with E-state index in [0.29, 0.717) is 11.3 Å². The van der Waals surface area contributed by atoms with Gasteiger partial charge in [0.2, 0.25) is 0 Å². The number of aliphatic hydroxyl groups is 1. The molecule has 0 aliphatic heterocycles. The number of nitrogens with one attached hydrogen (secondary N) is 1. The second-order valence-electron chi connectivity index (χ2n) is 5.59. The van der Waals surface area contributed by atoms with Crippen LogP contribution in [-0.2, 0) is 0 Å². The Labute approximate surface area is 120 Å². The Morgan fingerprint density at radius 1 is 1.30 bits per heavy atom. The van der Waals surface area contributed by atoms with Gasteiger partial charge in [0.05, 0.1) is 13.2 Å². The second kappa shape index (κ2) is 7.04. The van der Waals surface area contributed by atoms with Crippen molar-refractivity contribution in [1.82, 2.24) is 5.32 Å². The summed E-state index contributed by atoms with van der Waals surface area (Å²) in [5.41, 5.74) is 0.613. The van der Waals surface area contributed by atoms with E-state index in [0.717, 1.165) is 25.7 Å². The molecule has 0 saturated heterocycles. The second-order valence-corrected chi connectivity index (χ2v) is 5.59. The lowest BCUT2D eigenvalue weighted by Gasteiger charge is -2.26. The Morgan fingerprint density at radius 2 is 2.05 bits per heavy atom. The number of aliphatic hydroxyl groups excluding tert-OH is 1. The summed E-state index contributed by atoms with van der Waals surface area (Å²) in [6.45, 7) is 1.93. The van der Waals surface area contributed by atoms with Crippen LogP contribution in [0.2, 0.25) is 0 Å². The van der Waals surface area contributed by atoms with E-state index in [1.54, 1.807) is 12.1 Å². The van der Waals surface area contributed by atoms with E-state index in [9.17, 15) is 9.50 Å². The maximum Gasteiger partial charge on any atom is 0.131 e. The van der Waals surface area contributed by atoms with Gasteiger partial charge in [-0.3, -0.25) is 0 Å². The van der Waals surface area contributed by atoms with Gasteiger partial charge in [-0.2, -0.15) is 0 Å². The van der Waals surface area contributed by atoms with Crippen LogP contribution in [0.3, 0.4) is 0 Å². The molecule has 112 valence electrons. The molecule has 1 saturated carbocycles. The van der Waals surface area contributed by atoms with E-state index in [2.05, 4.69) is 5.32 Å². The predicted molar refractivity (Wildman–Crippen MR) is 77.4 cm³/mol. The Bertz CT molecular complexity index is 438. The smallest absolute Gasteiger partial charge is 0.131 e. The average molecular weight is 281 g/mol. The van der Waals surface area contributed by atoms with Crippen LogP contribution in [0.1, 0.15) is 50.6 Å². The van der Waals surface area contributed by atoms with Crippen LogP contribution in [0.15, 0.2) is 18.2 Å². The minimum Gasteiger partial charge on any atom is -0.497 e. The van der Waals surface area contributed by atoms with Crippen LogP contribution < -0.4 is 10.1 Å². The van der Waals surface area contributed by atoms with Gasteiger partial charge in [-0.05, 0) is 25.8 Å². The zero-order chi connectivity index (χ0) is 14.5. The largest absolute Gasteiger partial charge is 0.497 e. The zero-order valence-corrected chi connectivity index (χ0v) is 12.2. The number of ether oxygens (including phenoxy) is 1. The number of methoxy groups -OCH3 is 1. The molecule has 1 fully saturated rings. The molecule has 0 bridgehead atoms. The van der Waals surface area contributed by atoms with Gasteiger partial charge in [0.25, 0.3) is 0 Å². The first-order chi connectivity index (χ1) is 9.61. The van der Waals surface area contributed by atoms with E-state index in [4.69, 9.17) is 4.74 Å². The first kappa shape index (κ1) is 15.3. The number of hydrogen-bond acceptors (Lipinski definition) is 3. The third-order valence-electron chi connectivity index (χ3n) is 4.12. The average Bonchev–Trinajstić information content (AvgIpc) is 2.64. The van der Waals surface area contributed by atoms with Crippen molar-refractivity contribution in [1.29, 1.82) is 0 Å². The van der Waals surface area contributed by atoms with Crippen molar-refractivity contribution >= 4 is 0 Å². The molecule has 20 heavy (non-hydrogen) atoms. The molecule has 1 aliphatic rings. The quantitative estimate of drug-likeness (QED) is 0.833. The third kappa shape index (κ3) is 3.70. The molecule has 0 radical (unpaired) electrons. The number of rotatable bonds is 4. The normalized spacial score (nSPS) is 25.0. The standard InChI is InChI=1S/C16H24FNO2/c1-11(13-9-8-12(20-2)10-14(13)17)18-15-6-4-3-5-7-16(15)19/h8-11,15-16,18-19H,3-7H2,1-2H3. The van der Waals surface area contributed by atoms with E-state index in [-0.39, 0.29) is 24.0 Å². The van der Waals surface area contributed by atoms with Crippen molar-refractivity contribution < 1.29 is 14.2 Å². The molecule has 2 N–H and O–H groups in total. The topological polar surface area (TPSA) is 41.5 Å². The van der Waals surface area contributed by atoms with E-state index in [1.807, 2.05) is 6.92 Å². The number of benzene rings is 1. The van der Waals surface area contributed by atoms with Gasteiger partial charge < -0.3 is 15.2 Å². The summed E-state index contributed by atoms with van der Waals surface area (Å²) < 4.78 is 19.0. The fourth-order valence-corrected chi connectivity index (χ4v) is 2.88. The molecule has 4 heteroatoms. The van der Waals surface area contributed by atoms with Gasteiger partial charge in [0, 0.05) is 23.7 Å². The fraction of sp³-hybridized carbons (Fsp3) is 0.625. The molecule has 3 nitrogen and oxygen atoms in total. The number of halogens is 1. The summed E-state index contributed by atoms with van der Waals surface area (Å²) in [6.07, 6.45) is 4.80. The molecule has 0 aromatic heterocycles. The van der Waals surface area contributed by atoms with Gasteiger partial charge >= 0.3 is 0 Å². The van der Waals surface area contributed by atoms with Gasteiger partial charge in [0.1, 0.15) is 11.6 Å². The lowest BCUT2D eigenvalue weighted by molar-refractivity contribution is 0.114. The molecule has 2 rings (SSSR count). The SMILES string of the molecule is COc1ccc(C(C)NC2CCCCCC2O)c(F)c1. The molecule has 3 atom stereocenters. The summed E-state index contributed by atoms with van der Waals surface area (Å²) in [6, 6.07) is 4.83. The molecule has 1 aromatic rings. The van der Waals surface area contributed by atoms with Gasteiger partial charge in [0.15, 0.2) is 0 Å².